The van der Waals surface area contributed by atoms with E-state index in [1.165, 1.54) is 12.1 Å². The van der Waals surface area contributed by atoms with E-state index < -0.39 is 6.10 Å². The third-order valence-corrected chi connectivity index (χ3v) is 6.85. The molecule has 6 heteroatoms. The molecule has 168 valence electrons. The van der Waals surface area contributed by atoms with Gasteiger partial charge in [-0.2, -0.15) is 5.10 Å². The Morgan fingerprint density at radius 2 is 1.82 bits per heavy atom. The summed E-state index contributed by atoms with van der Waals surface area (Å²) in [6.45, 7) is 0. The molecule has 5 rings (SSSR count). The van der Waals surface area contributed by atoms with E-state index in [0.29, 0.717) is 28.4 Å². The van der Waals surface area contributed by atoms with Gasteiger partial charge in [0.2, 0.25) is 0 Å². The van der Waals surface area contributed by atoms with Gasteiger partial charge in [-0.1, -0.05) is 48.7 Å². The van der Waals surface area contributed by atoms with Gasteiger partial charge in [-0.3, -0.25) is 4.79 Å². The number of hydrogen-bond donors (Lipinski definition) is 1. The van der Waals surface area contributed by atoms with Crippen molar-refractivity contribution >= 4 is 28.3 Å². The lowest BCUT2D eigenvalue weighted by Gasteiger charge is -2.26. The van der Waals surface area contributed by atoms with Gasteiger partial charge in [0.1, 0.15) is 11.5 Å². The normalized spacial score (nSPS) is 18.5. The van der Waals surface area contributed by atoms with Crippen LogP contribution in [0, 0.1) is 11.7 Å². The lowest BCUT2D eigenvalue weighted by atomic mass is 9.82. The van der Waals surface area contributed by atoms with Crippen LogP contribution in [-0.4, -0.2) is 26.8 Å². The lowest BCUT2D eigenvalue weighted by molar-refractivity contribution is 0.0583. The summed E-state index contributed by atoms with van der Waals surface area (Å²) in [5.74, 6) is -0.319. The van der Waals surface area contributed by atoms with Gasteiger partial charge in [0.25, 0.3) is 0 Å². The minimum absolute atomic E-state index is 0.00245. The van der Waals surface area contributed by atoms with Crippen LogP contribution in [-0.2, 0) is 0 Å². The lowest BCUT2D eigenvalue weighted by Crippen LogP contribution is -2.26. The highest BCUT2D eigenvalue weighted by molar-refractivity contribution is 6.33. The first-order chi connectivity index (χ1) is 16.0. The standard InChI is InChI=1S/C27H24ClFN2O2/c28-23-7-3-2-6-21(23)27-22-14-9-18(26(33)16-17-5-1-4-8-25(17)32)15-24(22)31(30-27)20-12-10-19(29)11-13-20/h2-3,6-7,9-15,17,25,32H,1,4-5,8,16H2/t17-,25+/m0/s1. The van der Waals surface area contributed by atoms with Crippen molar-refractivity contribution in [2.75, 3.05) is 0 Å². The van der Waals surface area contributed by atoms with Gasteiger partial charge in [-0.25, -0.2) is 9.07 Å². The van der Waals surface area contributed by atoms with Crippen molar-refractivity contribution in [2.45, 2.75) is 38.2 Å². The average molecular weight is 463 g/mol. The summed E-state index contributed by atoms with van der Waals surface area (Å²) in [5, 5.41) is 16.5. The monoisotopic (exact) mass is 462 g/mol. The predicted octanol–water partition coefficient (Wildman–Crippen LogP) is 6.61. The van der Waals surface area contributed by atoms with Crippen molar-refractivity contribution in [3.05, 3.63) is 83.1 Å². The Hall–Kier alpha value is -3.02. The van der Waals surface area contributed by atoms with Crippen molar-refractivity contribution in [3.63, 3.8) is 0 Å². The molecule has 1 heterocycles. The molecule has 4 aromatic rings. The van der Waals surface area contributed by atoms with Crippen LogP contribution in [0.4, 0.5) is 4.39 Å². The van der Waals surface area contributed by atoms with E-state index in [9.17, 15) is 14.3 Å². The highest BCUT2D eigenvalue weighted by atomic mass is 35.5. The van der Waals surface area contributed by atoms with Crippen LogP contribution in [0.1, 0.15) is 42.5 Å². The van der Waals surface area contributed by atoms with Gasteiger partial charge in [0.15, 0.2) is 5.78 Å². The zero-order valence-corrected chi connectivity index (χ0v) is 18.8. The van der Waals surface area contributed by atoms with Crippen molar-refractivity contribution in [1.29, 1.82) is 0 Å². The molecule has 1 aliphatic rings. The summed E-state index contributed by atoms with van der Waals surface area (Å²) in [5.41, 5.74) is 3.49. The smallest absolute Gasteiger partial charge is 0.163 e. The Kier molecular flexibility index (Phi) is 6.00. The SMILES string of the molecule is O=C(C[C@@H]1CCCC[C@H]1O)c1ccc2c(-c3ccccc3Cl)nn(-c3ccc(F)cc3)c2c1. The van der Waals surface area contributed by atoms with E-state index >= 15 is 0 Å². The average Bonchev–Trinajstić information content (AvgIpc) is 3.20. The Morgan fingerprint density at radius 1 is 1.06 bits per heavy atom. The summed E-state index contributed by atoms with van der Waals surface area (Å²) in [7, 11) is 0. The molecule has 0 bridgehead atoms. The Bertz CT molecular complexity index is 1320. The highest BCUT2D eigenvalue weighted by Crippen LogP contribution is 2.35. The number of halogens is 2. The maximum absolute atomic E-state index is 13.6. The number of aliphatic hydroxyl groups excluding tert-OH is 1. The van der Waals surface area contributed by atoms with Crippen LogP contribution in [0.25, 0.3) is 27.8 Å². The van der Waals surface area contributed by atoms with E-state index in [2.05, 4.69) is 0 Å². The van der Waals surface area contributed by atoms with E-state index in [1.54, 1.807) is 16.8 Å². The fraction of sp³-hybridized carbons (Fsp3) is 0.259. The first-order valence-corrected chi connectivity index (χ1v) is 11.6. The summed E-state index contributed by atoms with van der Waals surface area (Å²) < 4.78 is 15.3. The predicted molar refractivity (Wildman–Crippen MR) is 128 cm³/mol. The van der Waals surface area contributed by atoms with Crippen LogP contribution < -0.4 is 0 Å². The minimum atomic E-state index is -0.414. The number of fused-ring (bicyclic) bond motifs is 1. The van der Waals surface area contributed by atoms with Crippen LogP contribution in [0.3, 0.4) is 0 Å². The fourth-order valence-electron chi connectivity index (χ4n) is 4.70. The second-order valence-corrected chi connectivity index (χ2v) is 9.09. The molecule has 1 saturated carbocycles. The summed E-state index contributed by atoms with van der Waals surface area (Å²) >= 11 is 6.46. The number of Topliss-reactive ketones (excluding diaryl/α,β-unsaturated/α-hetero) is 1. The molecule has 4 nitrogen and oxygen atoms in total. The molecule has 0 unspecified atom stereocenters. The summed E-state index contributed by atoms with van der Waals surface area (Å²) in [4.78, 5) is 13.1. The zero-order valence-electron chi connectivity index (χ0n) is 18.0. The van der Waals surface area contributed by atoms with Crippen LogP contribution >= 0.6 is 11.6 Å². The molecular formula is C27H24ClFN2O2. The fourth-order valence-corrected chi connectivity index (χ4v) is 4.93. The molecule has 2 atom stereocenters. The van der Waals surface area contributed by atoms with Crippen LogP contribution in [0.15, 0.2) is 66.7 Å². The molecular weight excluding hydrogens is 439 g/mol. The first-order valence-electron chi connectivity index (χ1n) is 11.3. The van der Waals surface area contributed by atoms with E-state index in [4.69, 9.17) is 16.7 Å². The summed E-state index contributed by atoms with van der Waals surface area (Å²) in [6, 6.07) is 19.1. The third-order valence-electron chi connectivity index (χ3n) is 6.52. The van der Waals surface area contributed by atoms with Gasteiger partial charge < -0.3 is 5.11 Å². The molecule has 1 aromatic heterocycles. The maximum atomic E-state index is 13.6. The van der Waals surface area contributed by atoms with Crippen LogP contribution in [0.2, 0.25) is 5.02 Å². The largest absolute Gasteiger partial charge is 0.393 e. The number of carbonyl (C=O) groups is 1. The number of rotatable bonds is 5. The topological polar surface area (TPSA) is 55.1 Å². The van der Waals surface area contributed by atoms with Gasteiger partial charge in [-0.15, -0.1) is 0 Å². The molecule has 0 saturated heterocycles. The van der Waals surface area contributed by atoms with Gasteiger partial charge >= 0.3 is 0 Å². The third kappa shape index (κ3) is 4.31. The van der Waals surface area contributed by atoms with Gasteiger partial charge in [0, 0.05) is 22.9 Å². The van der Waals surface area contributed by atoms with Crippen molar-refractivity contribution in [1.82, 2.24) is 9.78 Å². The number of aliphatic hydroxyl groups is 1. The quantitative estimate of drug-likeness (QED) is 0.339. The zero-order chi connectivity index (χ0) is 22.9. The highest BCUT2D eigenvalue weighted by Gasteiger charge is 2.26. The Labute approximate surface area is 196 Å². The molecule has 0 amide bonds. The molecule has 0 radical (unpaired) electrons. The van der Waals surface area contributed by atoms with Gasteiger partial charge in [-0.05, 0) is 61.2 Å². The van der Waals surface area contributed by atoms with Gasteiger partial charge in [0.05, 0.1) is 22.3 Å². The molecule has 0 spiro atoms. The number of nitrogens with zero attached hydrogens (tertiary/aromatic N) is 2. The molecule has 1 fully saturated rings. The molecule has 3 aromatic carbocycles. The number of benzene rings is 3. The molecule has 33 heavy (non-hydrogen) atoms. The van der Waals surface area contributed by atoms with Crippen molar-refractivity contribution in [2.24, 2.45) is 5.92 Å². The number of aromatic nitrogens is 2. The Balaban J connectivity index is 1.60. The minimum Gasteiger partial charge on any atom is -0.393 e. The number of hydrogen-bond acceptors (Lipinski definition) is 3. The Morgan fingerprint density at radius 3 is 2.58 bits per heavy atom. The summed E-state index contributed by atoms with van der Waals surface area (Å²) in [6.07, 6.45) is 3.61. The van der Waals surface area contributed by atoms with Crippen LogP contribution in [0.5, 0.6) is 0 Å². The molecule has 1 N–H and O–H groups in total. The van der Waals surface area contributed by atoms with E-state index in [1.807, 2.05) is 42.5 Å². The van der Waals surface area contributed by atoms with E-state index in [-0.39, 0.29) is 17.5 Å². The van der Waals surface area contributed by atoms with E-state index in [0.717, 1.165) is 42.1 Å². The van der Waals surface area contributed by atoms with Crippen molar-refractivity contribution < 1.29 is 14.3 Å². The molecule has 1 aliphatic carbocycles. The maximum Gasteiger partial charge on any atom is 0.163 e. The number of carbonyl (C=O) groups excluding carboxylic acids is 1. The first kappa shape index (κ1) is 21.8. The second kappa shape index (κ2) is 9.08. The second-order valence-electron chi connectivity index (χ2n) is 8.69. The molecule has 0 aliphatic heterocycles. The number of ketones is 1. The van der Waals surface area contributed by atoms with Crippen molar-refractivity contribution in [3.8, 4) is 16.9 Å².